The maximum absolute atomic E-state index is 3.54. The van der Waals surface area contributed by atoms with Crippen LogP contribution in [0.15, 0.2) is 66.0 Å². The first-order valence-electron chi connectivity index (χ1n) is 7.56. The van der Waals surface area contributed by atoms with Crippen LogP contribution in [0.3, 0.4) is 0 Å². The fraction of sp³-hybridized carbons (Fsp3) is 0.100. The maximum Gasteiger partial charge on any atom is 0.0707 e. The fourth-order valence-corrected chi connectivity index (χ4v) is 3.08. The Hall–Kier alpha value is -2.74. The second-order valence-electron chi connectivity index (χ2n) is 5.83. The number of fused-ring (bicyclic) bond motifs is 3. The molecule has 0 unspecified atom stereocenters. The van der Waals surface area contributed by atoms with E-state index in [4.69, 9.17) is 0 Å². The zero-order chi connectivity index (χ0) is 15.1. The Labute approximate surface area is 130 Å². The van der Waals surface area contributed by atoms with Crippen molar-refractivity contribution in [2.24, 2.45) is 0 Å². The van der Waals surface area contributed by atoms with Gasteiger partial charge >= 0.3 is 0 Å². The number of nitrogens with one attached hydrogen (secondary N) is 2. The Morgan fingerprint density at radius 3 is 2.32 bits per heavy atom. The summed E-state index contributed by atoms with van der Waals surface area (Å²) in [6.07, 6.45) is 6.50. The summed E-state index contributed by atoms with van der Waals surface area (Å²) in [5.41, 5.74) is 7.17. The minimum atomic E-state index is 1.16. The van der Waals surface area contributed by atoms with Gasteiger partial charge in [-0.2, -0.15) is 0 Å². The molecule has 0 saturated carbocycles. The fourth-order valence-electron chi connectivity index (χ4n) is 3.08. The van der Waals surface area contributed by atoms with Gasteiger partial charge in [0, 0.05) is 21.8 Å². The van der Waals surface area contributed by atoms with Crippen LogP contribution in [0, 0.1) is 0 Å². The SMILES string of the molecule is CC1=CC=c2ccc3c(c2N1)NC(C)=CC=3c1ccccc1. The molecule has 2 heterocycles. The molecule has 22 heavy (non-hydrogen) atoms. The molecule has 2 heteroatoms. The molecule has 0 aromatic heterocycles. The van der Waals surface area contributed by atoms with E-state index in [1.165, 1.54) is 32.9 Å². The summed E-state index contributed by atoms with van der Waals surface area (Å²) in [6, 6.07) is 15.0. The molecule has 0 atom stereocenters. The molecule has 0 fully saturated rings. The van der Waals surface area contributed by atoms with E-state index in [1.54, 1.807) is 0 Å². The van der Waals surface area contributed by atoms with E-state index >= 15 is 0 Å². The summed E-state index contributed by atoms with van der Waals surface area (Å²) < 4.78 is 0. The number of rotatable bonds is 1. The van der Waals surface area contributed by atoms with Gasteiger partial charge in [0.05, 0.1) is 11.4 Å². The predicted molar refractivity (Wildman–Crippen MR) is 93.9 cm³/mol. The molecule has 108 valence electrons. The Kier molecular flexibility index (Phi) is 2.90. The molecule has 0 amide bonds. The van der Waals surface area contributed by atoms with Crippen molar-refractivity contribution in [2.45, 2.75) is 13.8 Å². The van der Waals surface area contributed by atoms with Gasteiger partial charge in [-0.05, 0) is 37.1 Å². The Balaban J connectivity index is 2.06. The Bertz CT molecular complexity index is 932. The zero-order valence-electron chi connectivity index (χ0n) is 12.8. The molecule has 2 aromatic carbocycles. The minimum absolute atomic E-state index is 1.16. The lowest BCUT2D eigenvalue weighted by molar-refractivity contribution is 1.28. The van der Waals surface area contributed by atoms with Gasteiger partial charge in [-0.3, -0.25) is 0 Å². The number of benzene rings is 2. The first-order chi connectivity index (χ1) is 10.7. The molecule has 2 aromatic rings. The molecule has 0 radical (unpaired) electrons. The Morgan fingerprint density at radius 1 is 0.727 bits per heavy atom. The third-order valence-electron chi connectivity index (χ3n) is 4.13. The van der Waals surface area contributed by atoms with Gasteiger partial charge in [0.2, 0.25) is 0 Å². The highest BCUT2D eigenvalue weighted by atomic mass is 15.0. The topological polar surface area (TPSA) is 24.1 Å². The second-order valence-corrected chi connectivity index (χ2v) is 5.83. The Morgan fingerprint density at radius 2 is 1.50 bits per heavy atom. The van der Waals surface area contributed by atoms with Gasteiger partial charge in [0.1, 0.15) is 0 Å². The molecule has 2 nitrogen and oxygen atoms in total. The van der Waals surface area contributed by atoms with Crippen molar-refractivity contribution in [3.05, 3.63) is 82.0 Å². The second kappa shape index (κ2) is 4.92. The summed E-state index contributed by atoms with van der Waals surface area (Å²) >= 11 is 0. The summed E-state index contributed by atoms with van der Waals surface area (Å²) in [5.74, 6) is 0. The largest absolute Gasteiger partial charge is 0.357 e. The van der Waals surface area contributed by atoms with Crippen LogP contribution >= 0.6 is 0 Å². The standard InChI is InChI=1S/C20H18N2/c1-13-8-9-16-10-11-17-18(15-6-4-3-5-7-15)12-14(2)22-20(17)19(16)21-13/h3-12,21-22H,1-2H3. The van der Waals surface area contributed by atoms with E-state index in [9.17, 15) is 0 Å². The van der Waals surface area contributed by atoms with Crippen LogP contribution in [0.4, 0.5) is 11.4 Å². The van der Waals surface area contributed by atoms with Crippen molar-refractivity contribution < 1.29 is 0 Å². The molecule has 0 aliphatic carbocycles. The third kappa shape index (κ3) is 2.04. The molecular formula is C20H18N2. The van der Waals surface area contributed by atoms with Crippen molar-refractivity contribution >= 4 is 23.0 Å². The summed E-state index contributed by atoms with van der Waals surface area (Å²) in [7, 11) is 0. The molecule has 0 spiro atoms. The van der Waals surface area contributed by atoms with E-state index in [1.807, 2.05) is 0 Å². The molecule has 2 N–H and O–H groups in total. The average molecular weight is 286 g/mol. The van der Waals surface area contributed by atoms with Gasteiger partial charge in [0.25, 0.3) is 0 Å². The van der Waals surface area contributed by atoms with Crippen LogP contribution in [0.1, 0.15) is 19.4 Å². The average Bonchev–Trinajstić information content (AvgIpc) is 2.55. The summed E-state index contributed by atoms with van der Waals surface area (Å²) in [5, 5.41) is 9.51. The normalized spacial score (nSPS) is 15.5. The highest BCUT2D eigenvalue weighted by Gasteiger charge is 2.15. The van der Waals surface area contributed by atoms with Crippen LogP contribution in [-0.2, 0) is 0 Å². The number of hydrogen-bond donors (Lipinski definition) is 2. The van der Waals surface area contributed by atoms with Crippen molar-refractivity contribution in [1.29, 1.82) is 0 Å². The number of anilines is 2. The van der Waals surface area contributed by atoms with Gasteiger partial charge in [-0.15, -0.1) is 0 Å². The van der Waals surface area contributed by atoms with Crippen LogP contribution in [0.25, 0.3) is 11.6 Å². The summed E-state index contributed by atoms with van der Waals surface area (Å²) in [6.45, 7) is 4.20. The number of hydrogen-bond acceptors (Lipinski definition) is 2. The first-order valence-corrected chi connectivity index (χ1v) is 7.56. The molecule has 2 aliphatic rings. The lowest BCUT2D eigenvalue weighted by atomic mass is 9.96. The van der Waals surface area contributed by atoms with E-state index in [2.05, 4.69) is 85.2 Å². The molecule has 0 saturated heterocycles. The number of allylic oxidation sites excluding steroid dienone is 4. The summed E-state index contributed by atoms with van der Waals surface area (Å²) in [4.78, 5) is 0. The first kappa shape index (κ1) is 13.0. The zero-order valence-corrected chi connectivity index (χ0v) is 12.8. The van der Waals surface area contributed by atoms with Gasteiger partial charge in [-0.25, -0.2) is 0 Å². The molecular weight excluding hydrogens is 268 g/mol. The van der Waals surface area contributed by atoms with Crippen LogP contribution in [0.5, 0.6) is 0 Å². The minimum Gasteiger partial charge on any atom is -0.357 e. The smallest absolute Gasteiger partial charge is 0.0707 e. The van der Waals surface area contributed by atoms with E-state index in [0.717, 1.165) is 11.4 Å². The van der Waals surface area contributed by atoms with Crippen LogP contribution in [-0.4, -0.2) is 0 Å². The molecule has 4 rings (SSSR count). The van der Waals surface area contributed by atoms with Crippen LogP contribution < -0.4 is 21.1 Å². The lowest BCUT2D eigenvalue weighted by Crippen LogP contribution is -2.26. The highest BCUT2D eigenvalue weighted by Crippen LogP contribution is 2.25. The lowest BCUT2D eigenvalue weighted by Gasteiger charge is -2.22. The van der Waals surface area contributed by atoms with Crippen molar-refractivity contribution in [2.75, 3.05) is 10.6 Å². The van der Waals surface area contributed by atoms with Gasteiger partial charge < -0.3 is 10.6 Å². The highest BCUT2D eigenvalue weighted by molar-refractivity contribution is 5.87. The van der Waals surface area contributed by atoms with E-state index < -0.39 is 0 Å². The van der Waals surface area contributed by atoms with Gasteiger partial charge in [0.15, 0.2) is 0 Å². The van der Waals surface area contributed by atoms with E-state index in [-0.39, 0.29) is 0 Å². The van der Waals surface area contributed by atoms with Crippen LogP contribution in [0.2, 0.25) is 0 Å². The quantitative estimate of drug-likeness (QED) is 0.840. The molecule has 0 bridgehead atoms. The van der Waals surface area contributed by atoms with Gasteiger partial charge in [-0.1, -0.05) is 48.5 Å². The van der Waals surface area contributed by atoms with E-state index in [0.29, 0.717) is 0 Å². The molecule has 2 aliphatic heterocycles. The van der Waals surface area contributed by atoms with Crippen molar-refractivity contribution in [1.82, 2.24) is 0 Å². The van der Waals surface area contributed by atoms with Crippen molar-refractivity contribution in [3.63, 3.8) is 0 Å². The van der Waals surface area contributed by atoms with Crippen molar-refractivity contribution in [3.8, 4) is 0 Å². The predicted octanol–water partition coefficient (Wildman–Crippen LogP) is 3.32. The maximum atomic E-state index is 3.54. The monoisotopic (exact) mass is 286 g/mol. The third-order valence-corrected chi connectivity index (χ3v) is 4.13.